The Balaban J connectivity index is 1.78. The van der Waals surface area contributed by atoms with Gasteiger partial charge in [-0.15, -0.1) is 0 Å². The predicted octanol–water partition coefficient (Wildman–Crippen LogP) is 2.30. The Kier molecular flexibility index (Phi) is 5.02. The molecule has 1 aromatic rings. The number of rotatable bonds is 6. The lowest BCUT2D eigenvalue weighted by Crippen LogP contribution is -2.38. The fourth-order valence-electron chi connectivity index (χ4n) is 2.65. The third kappa shape index (κ3) is 3.83. The summed E-state index contributed by atoms with van der Waals surface area (Å²) >= 11 is 0. The summed E-state index contributed by atoms with van der Waals surface area (Å²) in [7, 11) is 0. The summed E-state index contributed by atoms with van der Waals surface area (Å²) in [5.41, 5.74) is 1.46. The summed E-state index contributed by atoms with van der Waals surface area (Å²) in [6, 6.07) is 11.6. The van der Waals surface area contributed by atoms with Crippen molar-refractivity contribution in [3.05, 3.63) is 35.9 Å². The van der Waals surface area contributed by atoms with Crippen LogP contribution in [0.25, 0.3) is 0 Å². The van der Waals surface area contributed by atoms with Gasteiger partial charge in [-0.3, -0.25) is 4.90 Å². The first-order valence-electron chi connectivity index (χ1n) is 6.89. The van der Waals surface area contributed by atoms with Gasteiger partial charge in [0.1, 0.15) is 0 Å². The Bertz CT molecular complexity index is 310. The smallest absolute Gasteiger partial charge is 0.0221 e. The molecule has 0 saturated carbocycles. The van der Waals surface area contributed by atoms with Crippen LogP contribution in [0.3, 0.4) is 0 Å². The molecule has 17 heavy (non-hydrogen) atoms. The van der Waals surface area contributed by atoms with Gasteiger partial charge in [0.15, 0.2) is 0 Å². The molecule has 1 aliphatic rings. The average molecular weight is 232 g/mol. The molecule has 1 unspecified atom stereocenters. The second-order valence-electron chi connectivity index (χ2n) is 4.88. The monoisotopic (exact) mass is 232 g/mol. The van der Waals surface area contributed by atoms with Gasteiger partial charge < -0.3 is 5.32 Å². The lowest BCUT2D eigenvalue weighted by atomic mass is 10.1. The Morgan fingerprint density at radius 2 is 2.12 bits per heavy atom. The van der Waals surface area contributed by atoms with Gasteiger partial charge in [-0.25, -0.2) is 0 Å². The third-order valence-electron chi connectivity index (χ3n) is 3.66. The molecular formula is C15H24N2. The van der Waals surface area contributed by atoms with Crippen LogP contribution in [0.2, 0.25) is 0 Å². The quantitative estimate of drug-likeness (QED) is 0.809. The van der Waals surface area contributed by atoms with Gasteiger partial charge in [0, 0.05) is 19.1 Å². The van der Waals surface area contributed by atoms with Gasteiger partial charge in [0.2, 0.25) is 0 Å². The van der Waals surface area contributed by atoms with E-state index in [2.05, 4.69) is 47.5 Å². The van der Waals surface area contributed by atoms with E-state index in [9.17, 15) is 0 Å². The average Bonchev–Trinajstić information content (AvgIpc) is 2.82. The van der Waals surface area contributed by atoms with Crippen LogP contribution in [0, 0.1) is 0 Å². The lowest BCUT2D eigenvalue weighted by molar-refractivity contribution is 0.251. The fourth-order valence-corrected chi connectivity index (χ4v) is 2.65. The standard InChI is InChI=1S/C15H24N2/c1-2-16-13-15-9-6-11-17(15)12-10-14-7-4-3-5-8-14/h3-5,7-8,15-16H,2,6,9-13H2,1H3. The van der Waals surface area contributed by atoms with Crippen molar-refractivity contribution >= 4 is 0 Å². The van der Waals surface area contributed by atoms with Gasteiger partial charge in [0.05, 0.1) is 0 Å². The van der Waals surface area contributed by atoms with Gasteiger partial charge in [0.25, 0.3) is 0 Å². The SMILES string of the molecule is CCNCC1CCCN1CCc1ccccc1. The molecule has 1 N–H and O–H groups in total. The minimum atomic E-state index is 0.763. The molecule has 1 saturated heterocycles. The molecule has 2 rings (SSSR count). The number of hydrogen-bond donors (Lipinski definition) is 1. The highest BCUT2D eigenvalue weighted by molar-refractivity contribution is 5.14. The molecule has 2 heteroatoms. The van der Waals surface area contributed by atoms with Crippen LogP contribution in [0.5, 0.6) is 0 Å². The second-order valence-corrected chi connectivity index (χ2v) is 4.88. The Labute approximate surface area is 105 Å². The number of benzene rings is 1. The van der Waals surface area contributed by atoms with Crippen molar-refractivity contribution in [2.75, 3.05) is 26.2 Å². The number of nitrogens with zero attached hydrogens (tertiary/aromatic N) is 1. The normalized spacial score (nSPS) is 20.9. The summed E-state index contributed by atoms with van der Waals surface area (Å²) in [4.78, 5) is 2.65. The molecule has 1 atom stereocenters. The predicted molar refractivity (Wildman–Crippen MR) is 73.3 cm³/mol. The van der Waals surface area contributed by atoms with Gasteiger partial charge in [-0.2, -0.15) is 0 Å². The Morgan fingerprint density at radius 3 is 2.88 bits per heavy atom. The fraction of sp³-hybridized carbons (Fsp3) is 0.600. The van der Waals surface area contributed by atoms with Crippen molar-refractivity contribution in [3.8, 4) is 0 Å². The van der Waals surface area contributed by atoms with Crippen LogP contribution in [-0.2, 0) is 6.42 Å². The molecule has 0 aromatic heterocycles. The van der Waals surface area contributed by atoms with Crippen LogP contribution in [0.1, 0.15) is 25.3 Å². The molecule has 1 aliphatic heterocycles. The highest BCUT2D eigenvalue weighted by atomic mass is 15.2. The molecular weight excluding hydrogens is 208 g/mol. The van der Waals surface area contributed by atoms with Gasteiger partial charge >= 0.3 is 0 Å². The Morgan fingerprint density at radius 1 is 1.29 bits per heavy atom. The van der Waals surface area contributed by atoms with E-state index in [1.54, 1.807) is 0 Å². The minimum Gasteiger partial charge on any atom is -0.315 e. The summed E-state index contributed by atoms with van der Waals surface area (Å²) in [6.07, 6.45) is 3.91. The van der Waals surface area contributed by atoms with Crippen molar-refractivity contribution < 1.29 is 0 Å². The van der Waals surface area contributed by atoms with E-state index in [1.807, 2.05) is 0 Å². The topological polar surface area (TPSA) is 15.3 Å². The van der Waals surface area contributed by atoms with E-state index in [0.717, 1.165) is 19.1 Å². The lowest BCUT2D eigenvalue weighted by Gasteiger charge is -2.24. The van der Waals surface area contributed by atoms with Crippen LogP contribution < -0.4 is 5.32 Å². The number of likely N-dealkylation sites (tertiary alicyclic amines) is 1. The number of hydrogen-bond acceptors (Lipinski definition) is 2. The first kappa shape index (κ1) is 12.6. The first-order chi connectivity index (χ1) is 8.40. The highest BCUT2D eigenvalue weighted by Crippen LogP contribution is 2.17. The van der Waals surface area contributed by atoms with Crippen molar-refractivity contribution in [3.63, 3.8) is 0 Å². The summed E-state index contributed by atoms with van der Waals surface area (Å²) in [5.74, 6) is 0. The minimum absolute atomic E-state index is 0.763. The molecule has 1 fully saturated rings. The third-order valence-corrected chi connectivity index (χ3v) is 3.66. The molecule has 0 amide bonds. The van der Waals surface area contributed by atoms with Crippen molar-refractivity contribution in [2.45, 2.75) is 32.2 Å². The molecule has 2 nitrogen and oxygen atoms in total. The molecule has 0 spiro atoms. The second kappa shape index (κ2) is 6.77. The largest absolute Gasteiger partial charge is 0.315 e. The van der Waals surface area contributed by atoms with E-state index in [4.69, 9.17) is 0 Å². The highest BCUT2D eigenvalue weighted by Gasteiger charge is 2.23. The molecule has 1 aromatic carbocycles. The first-order valence-corrected chi connectivity index (χ1v) is 6.89. The molecule has 1 heterocycles. The van der Waals surface area contributed by atoms with Gasteiger partial charge in [-0.1, -0.05) is 37.3 Å². The van der Waals surface area contributed by atoms with Crippen LogP contribution in [0.4, 0.5) is 0 Å². The number of likely N-dealkylation sites (N-methyl/N-ethyl adjacent to an activating group) is 1. The van der Waals surface area contributed by atoms with Crippen LogP contribution in [-0.4, -0.2) is 37.1 Å². The molecule has 0 aliphatic carbocycles. The van der Waals surface area contributed by atoms with Gasteiger partial charge in [-0.05, 0) is 37.9 Å². The van der Waals surface area contributed by atoms with E-state index in [-0.39, 0.29) is 0 Å². The van der Waals surface area contributed by atoms with Crippen LogP contribution in [0.15, 0.2) is 30.3 Å². The van der Waals surface area contributed by atoms with Crippen LogP contribution >= 0.6 is 0 Å². The van der Waals surface area contributed by atoms with E-state index < -0.39 is 0 Å². The van der Waals surface area contributed by atoms with E-state index in [0.29, 0.717) is 0 Å². The molecule has 94 valence electrons. The van der Waals surface area contributed by atoms with E-state index in [1.165, 1.54) is 37.9 Å². The zero-order chi connectivity index (χ0) is 11.9. The summed E-state index contributed by atoms with van der Waals surface area (Å²) in [5, 5.41) is 3.48. The maximum absolute atomic E-state index is 3.48. The van der Waals surface area contributed by atoms with Crippen molar-refractivity contribution in [1.29, 1.82) is 0 Å². The maximum atomic E-state index is 3.48. The Hall–Kier alpha value is -0.860. The summed E-state index contributed by atoms with van der Waals surface area (Å²) in [6.45, 7) is 6.92. The van der Waals surface area contributed by atoms with Crippen molar-refractivity contribution in [2.24, 2.45) is 0 Å². The van der Waals surface area contributed by atoms with Crippen molar-refractivity contribution in [1.82, 2.24) is 10.2 Å². The number of nitrogens with one attached hydrogen (secondary N) is 1. The maximum Gasteiger partial charge on any atom is 0.0221 e. The summed E-state index contributed by atoms with van der Waals surface area (Å²) < 4.78 is 0. The zero-order valence-electron chi connectivity index (χ0n) is 10.9. The van der Waals surface area contributed by atoms with E-state index >= 15 is 0 Å². The molecule has 0 bridgehead atoms. The molecule has 0 radical (unpaired) electrons. The zero-order valence-corrected chi connectivity index (χ0v) is 10.9.